The van der Waals surface area contributed by atoms with Crippen LogP contribution in [0.1, 0.15) is 58.8 Å². The van der Waals surface area contributed by atoms with Gasteiger partial charge in [0.1, 0.15) is 0 Å². The van der Waals surface area contributed by atoms with Crippen LogP contribution < -0.4 is 5.32 Å². The number of hydrogen-bond acceptors (Lipinski definition) is 2. The van der Waals surface area contributed by atoms with Crippen molar-refractivity contribution in [1.82, 2.24) is 10.2 Å². The van der Waals surface area contributed by atoms with Crippen LogP contribution in [0.4, 0.5) is 0 Å². The highest BCUT2D eigenvalue weighted by molar-refractivity contribution is 4.80. The van der Waals surface area contributed by atoms with Gasteiger partial charge in [-0.15, -0.1) is 0 Å². The molecule has 18 heavy (non-hydrogen) atoms. The molecule has 0 amide bonds. The molecule has 2 aliphatic rings. The number of piperidine rings is 1. The minimum Gasteiger partial charge on any atom is -0.313 e. The molecule has 0 bridgehead atoms. The van der Waals surface area contributed by atoms with Crippen molar-refractivity contribution in [2.75, 3.05) is 26.2 Å². The van der Waals surface area contributed by atoms with Crippen molar-refractivity contribution in [3.05, 3.63) is 0 Å². The van der Waals surface area contributed by atoms with E-state index in [0.717, 1.165) is 17.9 Å². The van der Waals surface area contributed by atoms with Gasteiger partial charge in [0.15, 0.2) is 0 Å². The van der Waals surface area contributed by atoms with Crippen molar-refractivity contribution < 1.29 is 0 Å². The summed E-state index contributed by atoms with van der Waals surface area (Å²) in [5.41, 5.74) is 0. The first-order chi connectivity index (χ1) is 8.75. The second-order valence-electron chi connectivity index (χ2n) is 6.72. The van der Waals surface area contributed by atoms with Crippen LogP contribution >= 0.6 is 0 Å². The highest BCUT2D eigenvalue weighted by Crippen LogP contribution is 2.29. The van der Waals surface area contributed by atoms with Gasteiger partial charge in [0.2, 0.25) is 0 Å². The zero-order valence-electron chi connectivity index (χ0n) is 12.5. The molecule has 2 heteroatoms. The third-order valence-corrected chi connectivity index (χ3v) is 4.97. The number of hydrogen-bond donors (Lipinski definition) is 1. The molecule has 1 heterocycles. The lowest BCUT2D eigenvalue weighted by molar-refractivity contribution is 0.204. The summed E-state index contributed by atoms with van der Waals surface area (Å²) >= 11 is 0. The first-order valence-electron chi connectivity index (χ1n) is 8.21. The Balaban J connectivity index is 1.60. The van der Waals surface area contributed by atoms with E-state index in [1.54, 1.807) is 0 Å². The fourth-order valence-electron chi connectivity index (χ4n) is 3.63. The van der Waals surface area contributed by atoms with E-state index in [0.29, 0.717) is 0 Å². The Kier molecular flexibility index (Phi) is 5.97. The maximum absolute atomic E-state index is 3.81. The van der Waals surface area contributed by atoms with Crippen LogP contribution in [0.15, 0.2) is 0 Å². The second kappa shape index (κ2) is 7.49. The lowest BCUT2D eigenvalue weighted by atomic mass is 9.79. The lowest BCUT2D eigenvalue weighted by Crippen LogP contribution is -2.41. The smallest absolute Gasteiger partial charge is 0.0107 e. The van der Waals surface area contributed by atoms with E-state index in [2.05, 4.69) is 24.1 Å². The number of rotatable bonds is 5. The van der Waals surface area contributed by atoms with Gasteiger partial charge in [0.25, 0.3) is 0 Å². The molecule has 106 valence electrons. The number of likely N-dealkylation sites (tertiary alicyclic amines) is 1. The van der Waals surface area contributed by atoms with E-state index in [1.807, 2.05) is 0 Å². The van der Waals surface area contributed by atoms with Crippen LogP contribution in [-0.2, 0) is 0 Å². The summed E-state index contributed by atoms with van der Waals surface area (Å²) in [7, 11) is 0. The summed E-state index contributed by atoms with van der Waals surface area (Å²) in [6.45, 7) is 9.92. The number of nitrogens with one attached hydrogen (secondary N) is 1. The molecule has 1 N–H and O–H groups in total. The Morgan fingerprint density at radius 2 is 1.83 bits per heavy atom. The van der Waals surface area contributed by atoms with E-state index < -0.39 is 0 Å². The van der Waals surface area contributed by atoms with Crippen LogP contribution in [0.5, 0.6) is 0 Å². The highest BCUT2D eigenvalue weighted by Gasteiger charge is 2.23. The van der Waals surface area contributed by atoms with E-state index >= 15 is 0 Å². The summed E-state index contributed by atoms with van der Waals surface area (Å²) in [6, 6.07) is 0.802. The molecule has 2 atom stereocenters. The van der Waals surface area contributed by atoms with Gasteiger partial charge in [-0.1, -0.05) is 33.1 Å². The molecule has 1 saturated heterocycles. The third kappa shape index (κ3) is 4.55. The van der Waals surface area contributed by atoms with Gasteiger partial charge >= 0.3 is 0 Å². The fourth-order valence-corrected chi connectivity index (χ4v) is 3.63. The zero-order chi connectivity index (χ0) is 12.8. The number of nitrogens with zero attached hydrogens (tertiary/aromatic N) is 1. The summed E-state index contributed by atoms with van der Waals surface area (Å²) < 4.78 is 0. The Hall–Kier alpha value is -0.0800. The molecule has 2 nitrogen and oxygen atoms in total. The monoisotopic (exact) mass is 252 g/mol. The quantitative estimate of drug-likeness (QED) is 0.808. The minimum atomic E-state index is 0.802. The third-order valence-electron chi connectivity index (χ3n) is 4.97. The van der Waals surface area contributed by atoms with Crippen LogP contribution in [0.3, 0.4) is 0 Å². The molecular weight excluding hydrogens is 220 g/mol. The minimum absolute atomic E-state index is 0.802. The maximum Gasteiger partial charge on any atom is 0.0107 e. The van der Waals surface area contributed by atoms with Crippen LogP contribution in [0.25, 0.3) is 0 Å². The average Bonchev–Trinajstić information content (AvgIpc) is 2.40. The molecule has 1 aliphatic heterocycles. The summed E-state index contributed by atoms with van der Waals surface area (Å²) in [4.78, 5) is 2.64. The Morgan fingerprint density at radius 3 is 2.56 bits per heavy atom. The zero-order valence-corrected chi connectivity index (χ0v) is 12.5. The first kappa shape index (κ1) is 14.3. The van der Waals surface area contributed by atoms with E-state index in [9.17, 15) is 0 Å². The van der Waals surface area contributed by atoms with Gasteiger partial charge < -0.3 is 10.2 Å². The van der Waals surface area contributed by atoms with Crippen molar-refractivity contribution in [2.24, 2.45) is 11.8 Å². The topological polar surface area (TPSA) is 15.3 Å². The van der Waals surface area contributed by atoms with Gasteiger partial charge in [-0.25, -0.2) is 0 Å². The molecule has 0 aromatic carbocycles. The molecule has 1 saturated carbocycles. The predicted octanol–water partition coefficient (Wildman–Crippen LogP) is 3.28. The molecule has 0 aromatic rings. The van der Waals surface area contributed by atoms with Crippen molar-refractivity contribution >= 4 is 0 Å². The molecule has 2 unspecified atom stereocenters. The summed E-state index contributed by atoms with van der Waals surface area (Å²) in [6.07, 6.45) is 9.99. The summed E-state index contributed by atoms with van der Waals surface area (Å²) in [5.74, 6) is 1.84. The van der Waals surface area contributed by atoms with Gasteiger partial charge in [0, 0.05) is 19.1 Å². The summed E-state index contributed by atoms with van der Waals surface area (Å²) in [5, 5.41) is 3.81. The molecule has 0 aromatic heterocycles. The van der Waals surface area contributed by atoms with Crippen LogP contribution in [0.2, 0.25) is 0 Å². The predicted molar refractivity (Wildman–Crippen MR) is 78.9 cm³/mol. The standard InChI is InChI=1S/C16H32N2/c1-14(2)15-7-6-8-16(13-15)17-9-12-18-10-4-3-5-11-18/h14-17H,3-13H2,1-2H3. The molecule has 2 fully saturated rings. The van der Waals surface area contributed by atoms with E-state index in [4.69, 9.17) is 0 Å². The SMILES string of the molecule is CC(C)C1CCCC(NCCN2CCCCC2)C1. The largest absolute Gasteiger partial charge is 0.313 e. The van der Waals surface area contributed by atoms with E-state index in [1.165, 1.54) is 71.1 Å². The fraction of sp³-hybridized carbons (Fsp3) is 1.00. The molecule has 2 rings (SSSR count). The second-order valence-corrected chi connectivity index (χ2v) is 6.72. The van der Waals surface area contributed by atoms with Gasteiger partial charge in [-0.05, 0) is 50.6 Å². The molecule has 0 radical (unpaired) electrons. The van der Waals surface area contributed by atoms with Gasteiger partial charge in [-0.3, -0.25) is 0 Å². The lowest BCUT2D eigenvalue weighted by Gasteiger charge is -2.33. The van der Waals surface area contributed by atoms with Crippen molar-refractivity contribution in [1.29, 1.82) is 0 Å². The normalized spacial score (nSPS) is 30.8. The molecular formula is C16H32N2. The van der Waals surface area contributed by atoms with E-state index in [-0.39, 0.29) is 0 Å². The van der Waals surface area contributed by atoms with Crippen LogP contribution in [-0.4, -0.2) is 37.1 Å². The molecule has 0 spiro atoms. The van der Waals surface area contributed by atoms with Gasteiger partial charge in [-0.2, -0.15) is 0 Å². The Bertz CT molecular complexity index is 221. The van der Waals surface area contributed by atoms with Crippen molar-refractivity contribution in [3.63, 3.8) is 0 Å². The van der Waals surface area contributed by atoms with Crippen LogP contribution in [0, 0.1) is 11.8 Å². The Morgan fingerprint density at radius 1 is 1.06 bits per heavy atom. The van der Waals surface area contributed by atoms with Crippen molar-refractivity contribution in [2.45, 2.75) is 64.8 Å². The average molecular weight is 252 g/mol. The van der Waals surface area contributed by atoms with Gasteiger partial charge in [0.05, 0.1) is 0 Å². The highest BCUT2D eigenvalue weighted by atomic mass is 15.1. The Labute approximate surface area is 114 Å². The maximum atomic E-state index is 3.81. The first-order valence-corrected chi connectivity index (χ1v) is 8.21. The molecule has 1 aliphatic carbocycles. The van der Waals surface area contributed by atoms with Crippen molar-refractivity contribution in [3.8, 4) is 0 Å².